The van der Waals surface area contributed by atoms with E-state index in [-0.39, 0.29) is 17.4 Å². The Morgan fingerprint density at radius 3 is 2.46 bits per heavy atom. The van der Waals surface area contributed by atoms with E-state index in [1.54, 1.807) is 12.3 Å². The van der Waals surface area contributed by atoms with Crippen molar-refractivity contribution in [2.75, 3.05) is 49.1 Å². The molecule has 7 heteroatoms. The van der Waals surface area contributed by atoms with E-state index in [4.69, 9.17) is 0 Å². The molecule has 1 aromatic heterocycles. The van der Waals surface area contributed by atoms with Crippen molar-refractivity contribution in [3.05, 3.63) is 88.3 Å². The van der Waals surface area contributed by atoms with Gasteiger partial charge in [0, 0.05) is 51.0 Å². The Bertz CT molecular complexity index is 1220. The van der Waals surface area contributed by atoms with Gasteiger partial charge in [-0.2, -0.15) is 5.10 Å². The molecule has 2 aromatic carbocycles. The molecule has 35 heavy (non-hydrogen) atoms. The number of anilines is 2. The molecule has 0 radical (unpaired) electrons. The van der Waals surface area contributed by atoms with E-state index in [0.29, 0.717) is 13.1 Å². The van der Waals surface area contributed by atoms with Crippen molar-refractivity contribution in [1.29, 1.82) is 0 Å². The van der Waals surface area contributed by atoms with Crippen molar-refractivity contribution in [2.24, 2.45) is 5.92 Å². The van der Waals surface area contributed by atoms with Crippen molar-refractivity contribution < 1.29 is 4.79 Å². The summed E-state index contributed by atoms with van der Waals surface area (Å²) in [5.41, 5.74) is 4.22. The molecule has 0 unspecified atom stereocenters. The standard InChI is InChI=1S/C28H33N5O2/c1-22-7-5-11-25(17-22)30-13-15-31(16-14-30)28(35)24-10-6-12-32(21-24)26-18-27(34)33(29-19-26)20-23-8-3-2-4-9-23/h2-5,7-9,11,17-19,24H,6,10,12-16,20-21H2,1H3/t24-/m1/s1. The molecule has 182 valence electrons. The number of aryl methyl sites for hydroxylation is 1. The molecule has 5 rings (SSSR count). The molecular formula is C28H33N5O2. The molecule has 3 heterocycles. The average Bonchev–Trinajstić information content (AvgIpc) is 2.90. The molecule has 0 saturated carbocycles. The van der Waals surface area contributed by atoms with Gasteiger partial charge in [-0.25, -0.2) is 4.68 Å². The maximum Gasteiger partial charge on any atom is 0.269 e. The van der Waals surface area contributed by atoms with Crippen LogP contribution in [0.3, 0.4) is 0 Å². The maximum absolute atomic E-state index is 13.4. The van der Waals surface area contributed by atoms with Crippen LogP contribution in [0.25, 0.3) is 0 Å². The third-order valence-corrected chi connectivity index (χ3v) is 7.12. The first-order valence-electron chi connectivity index (χ1n) is 12.5. The van der Waals surface area contributed by atoms with Gasteiger partial charge in [0.05, 0.1) is 24.3 Å². The number of amides is 1. The summed E-state index contributed by atoms with van der Waals surface area (Å²) in [5.74, 6) is 0.199. The second-order valence-corrected chi connectivity index (χ2v) is 9.63. The lowest BCUT2D eigenvalue weighted by Gasteiger charge is -2.40. The first kappa shape index (κ1) is 23.1. The van der Waals surface area contributed by atoms with Gasteiger partial charge in [-0.1, -0.05) is 42.5 Å². The topological polar surface area (TPSA) is 61.7 Å². The quantitative estimate of drug-likeness (QED) is 0.572. The highest BCUT2D eigenvalue weighted by molar-refractivity contribution is 5.80. The molecule has 2 saturated heterocycles. The van der Waals surface area contributed by atoms with E-state index < -0.39 is 0 Å². The summed E-state index contributed by atoms with van der Waals surface area (Å²) in [7, 11) is 0. The Morgan fingerprint density at radius 2 is 1.71 bits per heavy atom. The minimum atomic E-state index is -0.118. The van der Waals surface area contributed by atoms with Gasteiger partial charge in [0.2, 0.25) is 5.91 Å². The van der Waals surface area contributed by atoms with Crippen LogP contribution in [-0.2, 0) is 11.3 Å². The van der Waals surface area contributed by atoms with Crippen molar-refractivity contribution in [2.45, 2.75) is 26.3 Å². The fourth-order valence-corrected chi connectivity index (χ4v) is 5.15. The Morgan fingerprint density at radius 1 is 0.914 bits per heavy atom. The van der Waals surface area contributed by atoms with Crippen molar-refractivity contribution in [1.82, 2.24) is 14.7 Å². The number of hydrogen-bond donors (Lipinski definition) is 0. The fraction of sp³-hybridized carbons (Fsp3) is 0.393. The predicted octanol–water partition coefficient (Wildman–Crippen LogP) is 3.17. The van der Waals surface area contributed by atoms with Crippen LogP contribution in [0, 0.1) is 12.8 Å². The van der Waals surface area contributed by atoms with Crippen LogP contribution in [0.1, 0.15) is 24.0 Å². The summed E-state index contributed by atoms with van der Waals surface area (Å²) in [6, 6.07) is 20.1. The minimum Gasteiger partial charge on any atom is -0.369 e. The third-order valence-electron chi connectivity index (χ3n) is 7.12. The number of hydrogen-bond acceptors (Lipinski definition) is 5. The molecule has 1 amide bonds. The van der Waals surface area contributed by atoms with Crippen molar-refractivity contribution >= 4 is 17.3 Å². The van der Waals surface area contributed by atoms with Crippen LogP contribution in [0.4, 0.5) is 11.4 Å². The van der Waals surface area contributed by atoms with Gasteiger partial charge < -0.3 is 14.7 Å². The van der Waals surface area contributed by atoms with Gasteiger partial charge in [-0.05, 0) is 43.0 Å². The SMILES string of the molecule is Cc1cccc(N2CCN(C(=O)[C@@H]3CCCN(c4cnn(Cc5ccccc5)c(=O)c4)C3)CC2)c1. The first-order chi connectivity index (χ1) is 17.1. The first-order valence-corrected chi connectivity index (χ1v) is 12.5. The van der Waals surface area contributed by atoms with E-state index >= 15 is 0 Å². The van der Waals surface area contributed by atoms with Crippen LogP contribution >= 0.6 is 0 Å². The number of carbonyl (C=O) groups is 1. The normalized spacial score (nSPS) is 18.5. The van der Waals surface area contributed by atoms with Crippen LogP contribution in [0.2, 0.25) is 0 Å². The second kappa shape index (κ2) is 10.3. The van der Waals surface area contributed by atoms with E-state index in [2.05, 4.69) is 46.1 Å². The number of rotatable bonds is 5. The molecule has 1 atom stereocenters. The number of carbonyl (C=O) groups excluding carboxylic acids is 1. The zero-order chi connectivity index (χ0) is 24.2. The maximum atomic E-state index is 13.4. The van der Waals surface area contributed by atoms with E-state index in [9.17, 15) is 9.59 Å². The van der Waals surface area contributed by atoms with Gasteiger partial charge in [0.1, 0.15) is 0 Å². The molecule has 7 nitrogen and oxygen atoms in total. The molecule has 2 aliphatic rings. The third kappa shape index (κ3) is 5.39. The van der Waals surface area contributed by atoms with Gasteiger partial charge in [-0.3, -0.25) is 9.59 Å². The lowest BCUT2D eigenvalue weighted by Crippen LogP contribution is -2.52. The fourth-order valence-electron chi connectivity index (χ4n) is 5.15. The van der Waals surface area contributed by atoms with Crippen LogP contribution in [-0.4, -0.2) is 59.9 Å². The summed E-state index contributed by atoms with van der Waals surface area (Å²) in [6.45, 7) is 7.26. The van der Waals surface area contributed by atoms with E-state index in [1.165, 1.54) is 15.9 Å². The Hall–Kier alpha value is -3.61. The summed E-state index contributed by atoms with van der Waals surface area (Å²) >= 11 is 0. The van der Waals surface area contributed by atoms with E-state index in [1.807, 2.05) is 35.2 Å². The molecule has 0 aliphatic carbocycles. The molecule has 2 fully saturated rings. The average molecular weight is 472 g/mol. The van der Waals surface area contributed by atoms with Gasteiger partial charge in [0.25, 0.3) is 5.56 Å². The Kier molecular flexibility index (Phi) is 6.84. The van der Waals surface area contributed by atoms with Crippen LogP contribution < -0.4 is 15.4 Å². The number of piperidine rings is 1. The molecule has 2 aliphatic heterocycles. The number of benzene rings is 2. The van der Waals surface area contributed by atoms with Gasteiger partial charge in [0.15, 0.2) is 0 Å². The van der Waals surface area contributed by atoms with Crippen LogP contribution in [0.15, 0.2) is 71.7 Å². The summed E-state index contributed by atoms with van der Waals surface area (Å²) < 4.78 is 1.49. The molecule has 3 aromatic rings. The molecule has 0 bridgehead atoms. The molecular weight excluding hydrogens is 438 g/mol. The number of nitrogens with zero attached hydrogens (tertiary/aromatic N) is 5. The highest BCUT2D eigenvalue weighted by Gasteiger charge is 2.31. The summed E-state index contributed by atoms with van der Waals surface area (Å²) in [6.07, 6.45) is 3.59. The summed E-state index contributed by atoms with van der Waals surface area (Å²) in [4.78, 5) is 32.6. The van der Waals surface area contributed by atoms with Crippen molar-refractivity contribution in [3.8, 4) is 0 Å². The van der Waals surface area contributed by atoms with Crippen LogP contribution in [0.5, 0.6) is 0 Å². The lowest BCUT2D eigenvalue weighted by atomic mass is 9.96. The van der Waals surface area contributed by atoms with Gasteiger partial charge in [-0.15, -0.1) is 0 Å². The smallest absolute Gasteiger partial charge is 0.269 e. The second-order valence-electron chi connectivity index (χ2n) is 9.63. The predicted molar refractivity (Wildman–Crippen MR) is 139 cm³/mol. The highest BCUT2D eigenvalue weighted by Crippen LogP contribution is 2.25. The number of piperazine rings is 1. The largest absolute Gasteiger partial charge is 0.369 e. The zero-order valence-corrected chi connectivity index (χ0v) is 20.3. The molecule has 0 N–H and O–H groups in total. The number of aromatic nitrogens is 2. The van der Waals surface area contributed by atoms with Crippen molar-refractivity contribution in [3.63, 3.8) is 0 Å². The molecule has 0 spiro atoms. The zero-order valence-electron chi connectivity index (χ0n) is 20.3. The van der Waals surface area contributed by atoms with E-state index in [0.717, 1.165) is 56.8 Å². The Labute approximate surface area is 206 Å². The lowest BCUT2D eigenvalue weighted by molar-refractivity contribution is -0.136. The van der Waals surface area contributed by atoms with Gasteiger partial charge >= 0.3 is 0 Å². The Balaban J connectivity index is 1.19. The monoisotopic (exact) mass is 471 g/mol. The highest BCUT2D eigenvalue weighted by atomic mass is 16.2. The summed E-state index contributed by atoms with van der Waals surface area (Å²) in [5, 5.41) is 4.41. The minimum absolute atomic E-state index is 0.0407.